The maximum Gasteiger partial charge on any atom is 0.414 e. The van der Waals surface area contributed by atoms with Crippen LogP contribution in [0.15, 0.2) is 30.5 Å². The van der Waals surface area contributed by atoms with Gasteiger partial charge in [-0.05, 0) is 39.0 Å². The summed E-state index contributed by atoms with van der Waals surface area (Å²) in [5.74, 6) is -0.902. The molecule has 0 saturated heterocycles. The molecule has 0 spiro atoms. The Hall–Kier alpha value is -2.97. The van der Waals surface area contributed by atoms with Crippen LogP contribution < -0.4 is 15.4 Å². The lowest BCUT2D eigenvalue weighted by Crippen LogP contribution is -2.42. The standard InChI is InChI=1S/C15H18FN5O3/c1-15(2,3)18-14(23)24-13-9-21(20-19-13)8-12(22)17-11-6-4-5-10(16)7-11/h4-7,9H,8H2,1-3H3,(H,17,22)(H,18,23). The van der Waals surface area contributed by atoms with Crippen LogP contribution in [0.3, 0.4) is 0 Å². The minimum Gasteiger partial charge on any atom is -0.388 e. The molecular weight excluding hydrogens is 317 g/mol. The van der Waals surface area contributed by atoms with Crippen LogP contribution in [-0.2, 0) is 11.3 Å². The zero-order valence-electron chi connectivity index (χ0n) is 13.5. The molecule has 2 amide bonds. The van der Waals surface area contributed by atoms with Gasteiger partial charge < -0.3 is 15.4 Å². The second-order valence-corrected chi connectivity index (χ2v) is 6.08. The molecule has 0 atom stereocenters. The first kappa shape index (κ1) is 17.4. The van der Waals surface area contributed by atoms with Gasteiger partial charge in [-0.1, -0.05) is 16.4 Å². The van der Waals surface area contributed by atoms with Crippen LogP contribution in [0.5, 0.6) is 5.88 Å². The number of benzene rings is 1. The molecule has 8 nitrogen and oxygen atoms in total. The highest BCUT2D eigenvalue weighted by molar-refractivity contribution is 5.90. The molecule has 2 rings (SSSR count). The summed E-state index contributed by atoms with van der Waals surface area (Å²) >= 11 is 0. The Kier molecular flexibility index (Phi) is 5.12. The molecule has 0 bridgehead atoms. The molecule has 128 valence electrons. The summed E-state index contributed by atoms with van der Waals surface area (Å²) in [6.07, 6.45) is 0.645. The van der Waals surface area contributed by atoms with E-state index in [9.17, 15) is 14.0 Å². The lowest BCUT2D eigenvalue weighted by Gasteiger charge is -2.18. The lowest BCUT2D eigenvalue weighted by atomic mass is 10.1. The lowest BCUT2D eigenvalue weighted by molar-refractivity contribution is -0.116. The molecule has 1 aromatic carbocycles. The Labute approximate surface area is 138 Å². The van der Waals surface area contributed by atoms with Crippen molar-refractivity contribution < 1.29 is 18.7 Å². The number of aromatic nitrogens is 3. The van der Waals surface area contributed by atoms with E-state index in [-0.39, 0.29) is 12.4 Å². The molecule has 0 aliphatic rings. The molecule has 0 unspecified atom stereocenters. The topological polar surface area (TPSA) is 98.1 Å². The van der Waals surface area contributed by atoms with Crippen LogP contribution in [0, 0.1) is 5.82 Å². The smallest absolute Gasteiger partial charge is 0.388 e. The Morgan fingerprint density at radius 3 is 2.75 bits per heavy atom. The van der Waals surface area contributed by atoms with E-state index in [1.165, 1.54) is 29.1 Å². The minimum atomic E-state index is -0.668. The monoisotopic (exact) mass is 335 g/mol. The van der Waals surface area contributed by atoms with Crippen molar-refractivity contribution in [2.75, 3.05) is 5.32 Å². The van der Waals surface area contributed by atoms with Crippen molar-refractivity contribution in [2.24, 2.45) is 0 Å². The van der Waals surface area contributed by atoms with Crippen molar-refractivity contribution in [2.45, 2.75) is 32.9 Å². The van der Waals surface area contributed by atoms with Gasteiger partial charge >= 0.3 is 6.09 Å². The highest BCUT2D eigenvalue weighted by Crippen LogP contribution is 2.10. The summed E-state index contributed by atoms with van der Waals surface area (Å²) in [5, 5.41) is 12.5. The van der Waals surface area contributed by atoms with Crippen LogP contribution >= 0.6 is 0 Å². The van der Waals surface area contributed by atoms with Crippen molar-refractivity contribution in [3.05, 3.63) is 36.3 Å². The zero-order valence-corrected chi connectivity index (χ0v) is 13.5. The quantitative estimate of drug-likeness (QED) is 0.890. The van der Waals surface area contributed by atoms with Gasteiger partial charge in [-0.2, -0.15) is 0 Å². The molecule has 2 aromatic rings. The number of anilines is 1. The Morgan fingerprint density at radius 2 is 2.08 bits per heavy atom. The fraction of sp³-hybridized carbons (Fsp3) is 0.333. The number of carbonyl (C=O) groups is 2. The third-order valence-electron chi connectivity index (χ3n) is 2.61. The number of nitrogens with one attached hydrogen (secondary N) is 2. The van der Waals surface area contributed by atoms with Gasteiger partial charge in [0.2, 0.25) is 5.91 Å². The maximum atomic E-state index is 13.1. The fourth-order valence-electron chi connectivity index (χ4n) is 1.75. The number of amides is 2. The van der Waals surface area contributed by atoms with E-state index in [1.807, 2.05) is 20.8 Å². The SMILES string of the molecule is CC(C)(C)NC(=O)Oc1cn(CC(=O)Nc2cccc(F)c2)nn1. The second-order valence-electron chi connectivity index (χ2n) is 6.08. The summed E-state index contributed by atoms with van der Waals surface area (Å²) < 4.78 is 19.2. The van der Waals surface area contributed by atoms with E-state index in [4.69, 9.17) is 4.74 Å². The van der Waals surface area contributed by atoms with Crippen LogP contribution in [0.2, 0.25) is 0 Å². The van der Waals surface area contributed by atoms with E-state index in [0.717, 1.165) is 0 Å². The molecule has 0 aliphatic carbocycles. The highest BCUT2D eigenvalue weighted by Gasteiger charge is 2.17. The zero-order chi connectivity index (χ0) is 17.7. The Bertz CT molecular complexity index is 739. The first-order valence-electron chi connectivity index (χ1n) is 7.17. The van der Waals surface area contributed by atoms with Gasteiger partial charge in [0.15, 0.2) is 0 Å². The Morgan fingerprint density at radius 1 is 1.33 bits per heavy atom. The minimum absolute atomic E-state index is 0.0321. The second kappa shape index (κ2) is 7.07. The molecule has 0 saturated carbocycles. The third kappa shape index (κ3) is 5.67. The average molecular weight is 335 g/mol. The fourth-order valence-corrected chi connectivity index (χ4v) is 1.75. The number of hydrogen-bond acceptors (Lipinski definition) is 5. The van der Waals surface area contributed by atoms with Gasteiger partial charge in [0.1, 0.15) is 12.4 Å². The van der Waals surface area contributed by atoms with Crippen LogP contribution in [0.4, 0.5) is 14.9 Å². The average Bonchev–Trinajstić information content (AvgIpc) is 2.83. The molecule has 9 heteroatoms. The first-order chi connectivity index (χ1) is 11.2. The van der Waals surface area contributed by atoms with E-state index >= 15 is 0 Å². The first-order valence-corrected chi connectivity index (χ1v) is 7.17. The predicted octanol–water partition coefficient (Wildman–Crippen LogP) is 1.94. The van der Waals surface area contributed by atoms with Crippen molar-refractivity contribution in [3.8, 4) is 5.88 Å². The molecule has 0 fully saturated rings. The summed E-state index contributed by atoms with van der Waals surface area (Å²) in [6, 6.07) is 5.53. The van der Waals surface area contributed by atoms with Gasteiger partial charge in [0.05, 0.1) is 6.20 Å². The van der Waals surface area contributed by atoms with Crippen LogP contribution in [0.25, 0.3) is 0 Å². The van der Waals surface area contributed by atoms with E-state index < -0.39 is 23.4 Å². The Balaban J connectivity index is 1.89. The molecule has 0 radical (unpaired) electrons. The summed E-state index contributed by atoms with van der Waals surface area (Å²) in [6.45, 7) is 5.26. The maximum absolute atomic E-state index is 13.1. The normalized spacial score (nSPS) is 11.0. The van der Waals surface area contributed by atoms with Gasteiger partial charge in [-0.3, -0.25) is 4.79 Å². The molecule has 0 aliphatic heterocycles. The molecule has 1 heterocycles. The molecule has 2 N–H and O–H groups in total. The van der Waals surface area contributed by atoms with Crippen molar-refractivity contribution in [1.82, 2.24) is 20.3 Å². The van der Waals surface area contributed by atoms with Crippen molar-refractivity contribution in [3.63, 3.8) is 0 Å². The molecule has 1 aromatic heterocycles. The highest BCUT2D eigenvalue weighted by atomic mass is 19.1. The van der Waals surface area contributed by atoms with E-state index in [1.54, 1.807) is 6.07 Å². The number of rotatable bonds is 4. The summed E-state index contributed by atoms with van der Waals surface area (Å²) in [5.41, 5.74) is -0.112. The van der Waals surface area contributed by atoms with Crippen LogP contribution in [0.1, 0.15) is 20.8 Å². The molecular formula is C15H18FN5O3. The number of nitrogens with zero attached hydrogens (tertiary/aromatic N) is 3. The van der Waals surface area contributed by atoms with E-state index in [0.29, 0.717) is 5.69 Å². The predicted molar refractivity (Wildman–Crippen MR) is 84.0 cm³/mol. The van der Waals surface area contributed by atoms with Crippen molar-refractivity contribution >= 4 is 17.7 Å². The number of hydrogen-bond donors (Lipinski definition) is 2. The van der Waals surface area contributed by atoms with E-state index in [2.05, 4.69) is 20.9 Å². The number of carbonyl (C=O) groups excluding carboxylic acids is 2. The largest absolute Gasteiger partial charge is 0.414 e. The third-order valence-corrected chi connectivity index (χ3v) is 2.61. The van der Waals surface area contributed by atoms with Crippen LogP contribution in [-0.4, -0.2) is 32.5 Å². The molecule has 24 heavy (non-hydrogen) atoms. The number of ether oxygens (including phenoxy) is 1. The van der Waals surface area contributed by atoms with Gasteiger partial charge in [0.25, 0.3) is 5.88 Å². The van der Waals surface area contributed by atoms with Crippen molar-refractivity contribution in [1.29, 1.82) is 0 Å². The summed E-state index contributed by atoms with van der Waals surface area (Å²) in [7, 11) is 0. The van der Waals surface area contributed by atoms with Gasteiger partial charge in [-0.15, -0.1) is 0 Å². The van der Waals surface area contributed by atoms with Gasteiger partial charge in [0, 0.05) is 11.2 Å². The summed E-state index contributed by atoms with van der Waals surface area (Å²) in [4.78, 5) is 23.5. The number of halogens is 1. The van der Waals surface area contributed by atoms with Gasteiger partial charge in [-0.25, -0.2) is 13.9 Å².